The molecule has 0 radical (unpaired) electrons. The maximum atomic E-state index is 12.5. The molecule has 1 N–H and O–H groups in total. The van der Waals surface area contributed by atoms with Gasteiger partial charge in [0.25, 0.3) is 0 Å². The molecule has 3 rings (SSSR count). The minimum atomic E-state index is -0.0585. The minimum absolute atomic E-state index is 0.00692. The monoisotopic (exact) mass is 349 g/mol. The van der Waals surface area contributed by atoms with Crippen molar-refractivity contribution in [2.75, 3.05) is 39.8 Å². The van der Waals surface area contributed by atoms with Gasteiger partial charge in [-0.2, -0.15) is 0 Å². The lowest BCUT2D eigenvalue weighted by Gasteiger charge is -2.34. The van der Waals surface area contributed by atoms with Crippen molar-refractivity contribution in [1.29, 1.82) is 0 Å². The van der Waals surface area contributed by atoms with Crippen LogP contribution in [0.3, 0.4) is 0 Å². The van der Waals surface area contributed by atoms with Gasteiger partial charge in [0, 0.05) is 38.8 Å². The van der Waals surface area contributed by atoms with Crippen molar-refractivity contribution >= 4 is 12.0 Å². The van der Waals surface area contributed by atoms with Crippen molar-refractivity contribution in [2.45, 2.75) is 6.04 Å². The average Bonchev–Trinajstić information content (AvgIpc) is 2.69. The Kier molecular flexibility index (Phi) is 6.58. The van der Waals surface area contributed by atoms with Crippen molar-refractivity contribution in [2.24, 2.45) is 0 Å². The van der Waals surface area contributed by atoms with Gasteiger partial charge in [-0.25, -0.2) is 0 Å². The van der Waals surface area contributed by atoms with Gasteiger partial charge in [-0.15, -0.1) is 0 Å². The maximum absolute atomic E-state index is 12.5. The first kappa shape index (κ1) is 18.4. The van der Waals surface area contributed by atoms with Gasteiger partial charge in [0.1, 0.15) is 0 Å². The SMILES string of the molecule is CN1CCN(C[C@@H](NC(=O)/C=C\c2ccccc2)c2ccccc2)CC1. The number of nitrogens with zero attached hydrogens (tertiary/aromatic N) is 2. The number of carbonyl (C=O) groups is 1. The molecule has 0 aliphatic carbocycles. The van der Waals surface area contributed by atoms with E-state index in [4.69, 9.17) is 0 Å². The number of hydrogen-bond donors (Lipinski definition) is 1. The molecule has 4 nitrogen and oxygen atoms in total. The second-order valence-corrected chi connectivity index (χ2v) is 6.82. The van der Waals surface area contributed by atoms with Gasteiger partial charge in [-0.05, 0) is 24.3 Å². The van der Waals surface area contributed by atoms with Crippen LogP contribution in [0.1, 0.15) is 17.2 Å². The van der Waals surface area contributed by atoms with Crippen LogP contribution in [0.2, 0.25) is 0 Å². The predicted octanol–water partition coefficient (Wildman–Crippen LogP) is 2.80. The van der Waals surface area contributed by atoms with E-state index >= 15 is 0 Å². The van der Waals surface area contributed by atoms with E-state index < -0.39 is 0 Å². The highest BCUT2D eigenvalue weighted by Gasteiger charge is 2.20. The first-order chi connectivity index (χ1) is 12.7. The summed E-state index contributed by atoms with van der Waals surface area (Å²) in [6.07, 6.45) is 3.47. The van der Waals surface area contributed by atoms with Crippen molar-refractivity contribution in [3.63, 3.8) is 0 Å². The van der Waals surface area contributed by atoms with E-state index in [1.165, 1.54) is 0 Å². The molecule has 1 aliphatic heterocycles. The second kappa shape index (κ2) is 9.32. The smallest absolute Gasteiger partial charge is 0.244 e. The Morgan fingerprint density at radius 3 is 2.27 bits per heavy atom. The summed E-state index contributed by atoms with van der Waals surface area (Å²) in [5.74, 6) is -0.0585. The number of hydrogen-bond acceptors (Lipinski definition) is 3. The Morgan fingerprint density at radius 1 is 1.00 bits per heavy atom. The number of amides is 1. The molecule has 0 unspecified atom stereocenters. The van der Waals surface area contributed by atoms with Crippen LogP contribution in [0.25, 0.3) is 6.08 Å². The van der Waals surface area contributed by atoms with Gasteiger partial charge in [0.05, 0.1) is 6.04 Å². The summed E-state index contributed by atoms with van der Waals surface area (Å²) in [7, 11) is 2.15. The maximum Gasteiger partial charge on any atom is 0.244 e. The van der Waals surface area contributed by atoms with E-state index in [-0.39, 0.29) is 11.9 Å². The Hall–Kier alpha value is -2.43. The Morgan fingerprint density at radius 2 is 1.62 bits per heavy atom. The highest BCUT2D eigenvalue weighted by Crippen LogP contribution is 2.15. The molecular formula is C22H27N3O. The van der Waals surface area contributed by atoms with Crippen LogP contribution in [0.15, 0.2) is 66.7 Å². The molecule has 0 bridgehead atoms. The van der Waals surface area contributed by atoms with Crippen LogP contribution >= 0.6 is 0 Å². The van der Waals surface area contributed by atoms with E-state index in [2.05, 4.69) is 34.3 Å². The molecule has 2 aromatic carbocycles. The molecule has 26 heavy (non-hydrogen) atoms. The zero-order chi connectivity index (χ0) is 18.2. The third-order valence-electron chi connectivity index (χ3n) is 4.78. The van der Waals surface area contributed by atoms with Gasteiger partial charge in [-0.1, -0.05) is 60.7 Å². The Labute approximate surface area is 156 Å². The second-order valence-electron chi connectivity index (χ2n) is 6.82. The molecule has 1 aliphatic rings. The van der Waals surface area contributed by atoms with E-state index in [1.807, 2.05) is 54.6 Å². The number of piperazine rings is 1. The first-order valence-electron chi connectivity index (χ1n) is 9.20. The Bertz CT molecular complexity index is 707. The normalized spacial score (nSPS) is 17.3. The molecule has 1 fully saturated rings. The molecule has 1 heterocycles. The number of likely N-dealkylation sites (N-methyl/N-ethyl adjacent to an activating group) is 1. The topological polar surface area (TPSA) is 35.6 Å². The van der Waals surface area contributed by atoms with Crippen molar-refractivity contribution in [3.05, 3.63) is 77.9 Å². The molecule has 136 valence electrons. The lowest BCUT2D eigenvalue weighted by atomic mass is 10.1. The quantitative estimate of drug-likeness (QED) is 0.815. The van der Waals surface area contributed by atoms with Gasteiger partial charge < -0.3 is 10.2 Å². The van der Waals surface area contributed by atoms with Gasteiger partial charge in [0.15, 0.2) is 0 Å². The van der Waals surface area contributed by atoms with E-state index in [9.17, 15) is 4.79 Å². The van der Waals surface area contributed by atoms with Crippen LogP contribution in [-0.2, 0) is 4.79 Å². The van der Waals surface area contributed by atoms with Crippen molar-refractivity contribution < 1.29 is 4.79 Å². The molecule has 1 saturated heterocycles. The predicted molar refractivity (Wildman–Crippen MR) is 107 cm³/mol. The molecule has 0 saturated carbocycles. The number of rotatable bonds is 6. The van der Waals surface area contributed by atoms with Gasteiger partial charge >= 0.3 is 0 Å². The van der Waals surface area contributed by atoms with Crippen molar-refractivity contribution in [3.8, 4) is 0 Å². The highest BCUT2D eigenvalue weighted by atomic mass is 16.1. The fourth-order valence-electron chi connectivity index (χ4n) is 3.16. The molecular weight excluding hydrogens is 322 g/mol. The van der Waals surface area contributed by atoms with Crippen LogP contribution in [0, 0.1) is 0 Å². The molecule has 1 atom stereocenters. The third-order valence-corrected chi connectivity index (χ3v) is 4.78. The molecule has 1 amide bonds. The number of nitrogens with one attached hydrogen (secondary N) is 1. The fraction of sp³-hybridized carbons (Fsp3) is 0.318. The zero-order valence-electron chi connectivity index (χ0n) is 15.3. The summed E-state index contributed by atoms with van der Waals surface area (Å²) in [5.41, 5.74) is 2.17. The standard InChI is InChI=1S/C22H27N3O/c1-24-14-16-25(17-15-24)18-21(20-10-6-3-7-11-20)23-22(26)13-12-19-8-4-2-5-9-19/h2-13,21H,14-18H2,1H3,(H,23,26)/b13-12-/t21-/m1/s1. The zero-order valence-corrected chi connectivity index (χ0v) is 15.3. The largest absolute Gasteiger partial charge is 0.344 e. The molecule has 4 heteroatoms. The summed E-state index contributed by atoms with van der Waals surface area (Å²) >= 11 is 0. The number of carbonyl (C=O) groups excluding carboxylic acids is 1. The first-order valence-corrected chi connectivity index (χ1v) is 9.20. The van der Waals surface area contributed by atoms with Crippen LogP contribution in [0.4, 0.5) is 0 Å². The summed E-state index contributed by atoms with van der Waals surface area (Å²) in [6.45, 7) is 5.06. The van der Waals surface area contributed by atoms with Gasteiger partial charge in [-0.3, -0.25) is 9.69 Å². The Balaban J connectivity index is 1.65. The van der Waals surface area contributed by atoms with Gasteiger partial charge in [0.2, 0.25) is 5.91 Å². The lowest BCUT2D eigenvalue weighted by molar-refractivity contribution is -0.117. The molecule has 0 aromatic heterocycles. The van der Waals surface area contributed by atoms with Crippen molar-refractivity contribution in [1.82, 2.24) is 15.1 Å². The van der Waals surface area contributed by atoms with E-state index in [1.54, 1.807) is 6.08 Å². The van der Waals surface area contributed by atoms with Crippen LogP contribution < -0.4 is 5.32 Å². The summed E-state index contributed by atoms with van der Waals surface area (Å²) in [5, 5.41) is 3.18. The number of benzene rings is 2. The van der Waals surface area contributed by atoms with Crippen LogP contribution in [-0.4, -0.2) is 55.5 Å². The average molecular weight is 349 g/mol. The van der Waals surface area contributed by atoms with E-state index in [0.717, 1.165) is 43.9 Å². The lowest BCUT2D eigenvalue weighted by Crippen LogP contribution is -2.47. The summed E-state index contributed by atoms with van der Waals surface area (Å²) in [4.78, 5) is 17.2. The third kappa shape index (κ3) is 5.55. The summed E-state index contributed by atoms with van der Waals surface area (Å²) < 4.78 is 0. The molecule has 2 aromatic rings. The highest BCUT2D eigenvalue weighted by molar-refractivity contribution is 5.92. The minimum Gasteiger partial charge on any atom is -0.344 e. The fourth-order valence-corrected chi connectivity index (χ4v) is 3.16. The summed E-state index contributed by atoms with van der Waals surface area (Å²) in [6, 6.07) is 20.1. The van der Waals surface area contributed by atoms with E-state index in [0.29, 0.717) is 0 Å². The van der Waals surface area contributed by atoms with Crippen LogP contribution in [0.5, 0.6) is 0 Å². The molecule has 0 spiro atoms.